The van der Waals surface area contributed by atoms with Gasteiger partial charge in [0.1, 0.15) is 5.75 Å². The van der Waals surface area contributed by atoms with Crippen molar-refractivity contribution < 1.29 is 19.1 Å². The molecular formula is C19H21NO4. The summed E-state index contributed by atoms with van der Waals surface area (Å²) >= 11 is 0. The molecule has 0 unspecified atom stereocenters. The number of amides is 1. The third-order valence-corrected chi connectivity index (χ3v) is 3.65. The molecule has 2 rings (SSSR count). The van der Waals surface area contributed by atoms with Crippen LogP contribution in [0.4, 0.5) is 5.69 Å². The van der Waals surface area contributed by atoms with Gasteiger partial charge in [-0.2, -0.15) is 0 Å². The highest BCUT2D eigenvalue weighted by atomic mass is 16.5. The lowest BCUT2D eigenvalue weighted by Gasteiger charge is -2.10. The van der Waals surface area contributed by atoms with Gasteiger partial charge in [-0.15, -0.1) is 0 Å². The Labute approximate surface area is 141 Å². The molecule has 2 aromatic rings. The maximum Gasteiger partial charge on any atom is 0.338 e. The Morgan fingerprint density at radius 2 is 1.88 bits per heavy atom. The summed E-state index contributed by atoms with van der Waals surface area (Å²) in [7, 11) is 1.54. The number of anilines is 1. The minimum atomic E-state index is -0.563. The first-order valence-corrected chi connectivity index (χ1v) is 7.74. The van der Waals surface area contributed by atoms with Crippen LogP contribution in [0.5, 0.6) is 5.75 Å². The Hall–Kier alpha value is -2.82. The minimum Gasteiger partial charge on any atom is -0.496 e. The normalized spacial score (nSPS) is 10.1. The number of aryl methyl sites for hydroxylation is 2. The monoisotopic (exact) mass is 327 g/mol. The van der Waals surface area contributed by atoms with Crippen molar-refractivity contribution in [2.45, 2.75) is 20.3 Å². The molecule has 5 heteroatoms. The summed E-state index contributed by atoms with van der Waals surface area (Å²) < 4.78 is 10.2. The molecule has 0 aliphatic rings. The van der Waals surface area contributed by atoms with Crippen molar-refractivity contribution in [2.75, 3.05) is 19.0 Å². The molecule has 0 aliphatic carbocycles. The SMILES string of the molecule is CCc1ccccc1NC(=O)COC(=O)c1ccc(C)c(OC)c1. The van der Waals surface area contributed by atoms with E-state index < -0.39 is 5.97 Å². The van der Waals surface area contributed by atoms with Crippen LogP contribution in [-0.4, -0.2) is 25.6 Å². The third-order valence-electron chi connectivity index (χ3n) is 3.65. The Kier molecular flexibility index (Phi) is 5.95. The molecule has 1 amide bonds. The van der Waals surface area contributed by atoms with Gasteiger partial charge in [-0.25, -0.2) is 4.79 Å². The average molecular weight is 327 g/mol. The van der Waals surface area contributed by atoms with Crippen molar-refractivity contribution in [2.24, 2.45) is 0 Å². The summed E-state index contributed by atoms with van der Waals surface area (Å²) in [5, 5.41) is 2.76. The number of benzene rings is 2. The van der Waals surface area contributed by atoms with Crippen molar-refractivity contribution >= 4 is 17.6 Å². The Morgan fingerprint density at radius 3 is 2.58 bits per heavy atom. The minimum absolute atomic E-state index is 0.340. The van der Waals surface area contributed by atoms with E-state index in [4.69, 9.17) is 9.47 Å². The summed E-state index contributed by atoms with van der Waals surface area (Å²) in [5.41, 5.74) is 3.03. The van der Waals surface area contributed by atoms with Gasteiger partial charge in [0.05, 0.1) is 12.7 Å². The van der Waals surface area contributed by atoms with Gasteiger partial charge in [-0.1, -0.05) is 31.2 Å². The van der Waals surface area contributed by atoms with Crippen LogP contribution in [0.25, 0.3) is 0 Å². The smallest absolute Gasteiger partial charge is 0.338 e. The highest BCUT2D eigenvalue weighted by Crippen LogP contribution is 2.19. The summed E-state index contributed by atoms with van der Waals surface area (Å²) in [5.74, 6) is -0.332. The van der Waals surface area contributed by atoms with Crippen molar-refractivity contribution in [1.29, 1.82) is 0 Å². The molecular weight excluding hydrogens is 306 g/mol. The largest absolute Gasteiger partial charge is 0.496 e. The third kappa shape index (κ3) is 4.35. The standard InChI is InChI=1S/C19H21NO4/c1-4-14-7-5-6-8-16(14)20-18(21)12-24-19(22)15-10-9-13(2)17(11-15)23-3/h5-11H,4,12H2,1-3H3,(H,20,21). The van der Waals surface area contributed by atoms with Crippen LogP contribution in [-0.2, 0) is 16.0 Å². The molecule has 0 bridgehead atoms. The fourth-order valence-corrected chi connectivity index (χ4v) is 2.30. The zero-order valence-electron chi connectivity index (χ0n) is 14.1. The number of para-hydroxylation sites is 1. The maximum absolute atomic E-state index is 12.0. The second kappa shape index (κ2) is 8.15. The molecule has 0 aliphatic heterocycles. The van der Waals surface area contributed by atoms with Crippen molar-refractivity contribution in [3.8, 4) is 5.75 Å². The molecule has 0 atom stereocenters. The predicted molar refractivity (Wildman–Crippen MR) is 92.5 cm³/mol. The topological polar surface area (TPSA) is 64.6 Å². The van der Waals surface area contributed by atoms with Crippen LogP contribution >= 0.6 is 0 Å². The summed E-state index contributed by atoms with van der Waals surface area (Å²) in [6, 6.07) is 12.5. The van der Waals surface area contributed by atoms with E-state index >= 15 is 0 Å². The van der Waals surface area contributed by atoms with Crippen LogP contribution in [0, 0.1) is 6.92 Å². The molecule has 126 valence electrons. The molecule has 0 saturated heterocycles. The molecule has 24 heavy (non-hydrogen) atoms. The van der Waals surface area contributed by atoms with E-state index in [0.29, 0.717) is 11.3 Å². The van der Waals surface area contributed by atoms with Crippen molar-refractivity contribution in [1.82, 2.24) is 0 Å². The zero-order chi connectivity index (χ0) is 17.5. The van der Waals surface area contributed by atoms with Crippen LogP contribution in [0.1, 0.15) is 28.4 Å². The number of esters is 1. The molecule has 0 heterocycles. The molecule has 2 aromatic carbocycles. The molecule has 0 spiro atoms. The maximum atomic E-state index is 12.0. The van der Waals surface area contributed by atoms with Gasteiger partial charge in [-0.05, 0) is 42.7 Å². The lowest BCUT2D eigenvalue weighted by Crippen LogP contribution is -2.21. The highest BCUT2D eigenvalue weighted by molar-refractivity contribution is 5.96. The summed E-state index contributed by atoms with van der Waals surface area (Å²) in [6.45, 7) is 3.55. The van der Waals surface area contributed by atoms with Gasteiger partial charge >= 0.3 is 5.97 Å². The van der Waals surface area contributed by atoms with E-state index in [-0.39, 0.29) is 12.5 Å². The van der Waals surface area contributed by atoms with Crippen LogP contribution in [0.15, 0.2) is 42.5 Å². The first-order valence-electron chi connectivity index (χ1n) is 7.74. The van der Waals surface area contributed by atoms with Gasteiger partial charge in [0.25, 0.3) is 5.91 Å². The number of rotatable bonds is 6. The molecule has 0 aromatic heterocycles. The molecule has 0 fully saturated rings. The first-order chi connectivity index (χ1) is 11.5. The number of methoxy groups -OCH3 is 1. The molecule has 1 N–H and O–H groups in total. The second-order valence-electron chi connectivity index (χ2n) is 5.32. The molecule has 0 saturated carbocycles. The average Bonchev–Trinajstić information content (AvgIpc) is 2.60. The van der Waals surface area contributed by atoms with Crippen LogP contribution in [0.3, 0.4) is 0 Å². The Morgan fingerprint density at radius 1 is 1.12 bits per heavy atom. The Balaban J connectivity index is 1.95. The first kappa shape index (κ1) is 17.5. The predicted octanol–water partition coefficient (Wildman–Crippen LogP) is 3.36. The summed E-state index contributed by atoms with van der Waals surface area (Å²) in [4.78, 5) is 24.0. The summed E-state index contributed by atoms with van der Waals surface area (Å²) in [6.07, 6.45) is 0.805. The number of ether oxygens (including phenoxy) is 2. The van der Waals surface area contributed by atoms with E-state index in [1.165, 1.54) is 7.11 Å². The lowest BCUT2D eigenvalue weighted by atomic mass is 10.1. The number of hydrogen-bond acceptors (Lipinski definition) is 4. The molecule has 0 radical (unpaired) electrons. The van der Waals surface area contributed by atoms with Crippen molar-refractivity contribution in [3.63, 3.8) is 0 Å². The van der Waals surface area contributed by atoms with Crippen molar-refractivity contribution in [3.05, 3.63) is 59.2 Å². The van der Waals surface area contributed by atoms with Gasteiger partial charge < -0.3 is 14.8 Å². The van der Waals surface area contributed by atoms with Gasteiger partial charge in [0.15, 0.2) is 6.61 Å². The number of carbonyl (C=O) groups is 2. The highest BCUT2D eigenvalue weighted by Gasteiger charge is 2.13. The Bertz CT molecular complexity index is 740. The fourth-order valence-electron chi connectivity index (χ4n) is 2.30. The number of hydrogen-bond donors (Lipinski definition) is 1. The van der Waals surface area contributed by atoms with Crippen LogP contribution in [0.2, 0.25) is 0 Å². The van der Waals surface area contributed by atoms with E-state index in [1.54, 1.807) is 18.2 Å². The number of carbonyl (C=O) groups excluding carboxylic acids is 2. The quantitative estimate of drug-likeness (QED) is 0.826. The van der Waals surface area contributed by atoms with E-state index in [1.807, 2.05) is 38.1 Å². The fraction of sp³-hybridized carbons (Fsp3) is 0.263. The second-order valence-corrected chi connectivity index (χ2v) is 5.32. The number of nitrogens with one attached hydrogen (secondary N) is 1. The van der Waals surface area contributed by atoms with Crippen LogP contribution < -0.4 is 10.1 Å². The van der Waals surface area contributed by atoms with E-state index in [0.717, 1.165) is 23.2 Å². The van der Waals surface area contributed by atoms with E-state index in [9.17, 15) is 9.59 Å². The van der Waals surface area contributed by atoms with Gasteiger partial charge in [0, 0.05) is 5.69 Å². The molecule has 5 nitrogen and oxygen atoms in total. The van der Waals surface area contributed by atoms with Gasteiger partial charge in [-0.3, -0.25) is 4.79 Å². The van der Waals surface area contributed by atoms with Gasteiger partial charge in [0.2, 0.25) is 0 Å². The zero-order valence-corrected chi connectivity index (χ0v) is 14.1. The van der Waals surface area contributed by atoms with E-state index in [2.05, 4.69) is 5.32 Å². The lowest BCUT2D eigenvalue weighted by molar-refractivity contribution is -0.119.